The second kappa shape index (κ2) is 7.36. The normalized spacial score (nSPS) is 19.8. The van der Waals surface area contributed by atoms with Gasteiger partial charge in [0.15, 0.2) is 0 Å². The van der Waals surface area contributed by atoms with Gasteiger partial charge in [-0.2, -0.15) is 0 Å². The van der Waals surface area contributed by atoms with Crippen molar-refractivity contribution in [2.24, 2.45) is 0 Å². The van der Waals surface area contributed by atoms with Gasteiger partial charge in [0.1, 0.15) is 5.75 Å². The molecule has 1 unspecified atom stereocenters. The van der Waals surface area contributed by atoms with Crippen LogP contribution in [0.2, 0.25) is 0 Å². The highest BCUT2D eigenvalue weighted by Crippen LogP contribution is 2.29. The molecule has 1 fully saturated rings. The maximum atomic E-state index is 6.13. The van der Waals surface area contributed by atoms with Gasteiger partial charge in [0.05, 0.1) is 30.7 Å². The van der Waals surface area contributed by atoms with Gasteiger partial charge >= 0.3 is 0 Å². The molecule has 1 atom stereocenters. The minimum Gasteiger partial charge on any atom is -0.491 e. The summed E-state index contributed by atoms with van der Waals surface area (Å²) in [6.45, 7) is 6.25. The summed E-state index contributed by atoms with van der Waals surface area (Å²) >= 11 is 0. The summed E-state index contributed by atoms with van der Waals surface area (Å²) in [7, 11) is 2.11. The first-order chi connectivity index (χ1) is 9.70. The lowest BCUT2D eigenvalue weighted by molar-refractivity contribution is -0.0117. The van der Waals surface area contributed by atoms with E-state index in [1.807, 2.05) is 18.2 Å². The molecule has 20 heavy (non-hydrogen) atoms. The molecule has 0 bridgehead atoms. The molecule has 0 aliphatic carbocycles. The molecule has 0 amide bonds. The molecule has 5 nitrogen and oxygen atoms in total. The Morgan fingerprint density at radius 3 is 3.10 bits per heavy atom. The second-order valence-corrected chi connectivity index (χ2v) is 5.20. The van der Waals surface area contributed by atoms with Gasteiger partial charge in [0, 0.05) is 19.6 Å². The first-order valence-corrected chi connectivity index (χ1v) is 7.26. The molecule has 1 saturated heterocycles. The number of nitrogens with zero attached hydrogens (tertiary/aromatic N) is 1. The number of likely N-dealkylation sites (N-methyl/N-ethyl adjacent to an activating group) is 1. The smallest absolute Gasteiger partial charge is 0.144 e. The molecule has 2 rings (SSSR count). The number of anilines is 2. The Kier molecular flexibility index (Phi) is 5.49. The fraction of sp³-hybridized carbons (Fsp3) is 0.600. The molecule has 0 saturated carbocycles. The fourth-order valence-corrected chi connectivity index (χ4v) is 2.25. The van der Waals surface area contributed by atoms with Gasteiger partial charge in [-0.3, -0.25) is 0 Å². The van der Waals surface area contributed by atoms with Gasteiger partial charge < -0.3 is 25.4 Å². The predicted molar refractivity (Wildman–Crippen MR) is 82.4 cm³/mol. The molecule has 0 radical (unpaired) electrons. The zero-order valence-corrected chi connectivity index (χ0v) is 12.4. The number of rotatable bonds is 6. The van der Waals surface area contributed by atoms with E-state index in [0.717, 1.165) is 44.1 Å². The van der Waals surface area contributed by atoms with Crippen LogP contribution in [0.25, 0.3) is 0 Å². The zero-order chi connectivity index (χ0) is 14.4. The summed E-state index contributed by atoms with van der Waals surface area (Å²) in [4.78, 5) is 2.28. The van der Waals surface area contributed by atoms with Gasteiger partial charge in [0.2, 0.25) is 0 Å². The van der Waals surface area contributed by atoms with Crippen molar-refractivity contribution in [3.63, 3.8) is 0 Å². The Labute approximate surface area is 121 Å². The van der Waals surface area contributed by atoms with Crippen molar-refractivity contribution in [1.82, 2.24) is 4.90 Å². The maximum absolute atomic E-state index is 6.13. The largest absolute Gasteiger partial charge is 0.491 e. The van der Waals surface area contributed by atoms with E-state index in [-0.39, 0.29) is 6.10 Å². The van der Waals surface area contributed by atoms with E-state index in [9.17, 15) is 0 Å². The van der Waals surface area contributed by atoms with Crippen molar-refractivity contribution in [2.75, 3.05) is 50.9 Å². The van der Waals surface area contributed by atoms with Gasteiger partial charge in [-0.25, -0.2) is 0 Å². The van der Waals surface area contributed by atoms with Crippen LogP contribution < -0.4 is 15.8 Å². The molecule has 0 spiro atoms. The van der Waals surface area contributed by atoms with Crippen LogP contribution in [0.4, 0.5) is 11.4 Å². The third-order valence-electron chi connectivity index (χ3n) is 3.39. The monoisotopic (exact) mass is 279 g/mol. The maximum Gasteiger partial charge on any atom is 0.144 e. The minimum absolute atomic E-state index is 0.202. The van der Waals surface area contributed by atoms with Crippen LogP contribution in [-0.4, -0.2) is 50.9 Å². The Bertz CT molecular complexity index is 426. The fourth-order valence-electron chi connectivity index (χ4n) is 2.25. The highest BCUT2D eigenvalue weighted by Gasteiger charge is 2.17. The topological polar surface area (TPSA) is 59.8 Å². The van der Waals surface area contributed by atoms with Crippen LogP contribution in [0.5, 0.6) is 5.75 Å². The van der Waals surface area contributed by atoms with E-state index in [1.165, 1.54) is 0 Å². The first-order valence-electron chi connectivity index (χ1n) is 7.26. The van der Waals surface area contributed by atoms with Crippen molar-refractivity contribution in [2.45, 2.75) is 19.4 Å². The molecule has 3 N–H and O–H groups in total. The van der Waals surface area contributed by atoms with Crippen molar-refractivity contribution in [3.8, 4) is 5.75 Å². The summed E-state index contributed by atoms with van der Waals surface area (Å²) in [6.07, 6.45) is 1.17. The second-order valence-electron chi connectivity index (χ2n) is 5.20. The quantitative estimate of drug-likeness (QED) is 0.778. The number of nitrogen functional groups attached to an aromatic ring is 1. The average Bonchev–Trinajstić information content (AvgIpc) is 2.45. The number of para-hydroxylation sites is 1. The van der Waals surface area contributed by atoms with Crippen LogP contribution in [0, 0.1) is 0 Å². The van der Waals surface area contributed by atoms with Crippen LogP contribution in [0.1, 0.15) is 13.3 Å². The van der Waals surface area contributed by atoms with Crippen LogP contribution in [0.3, 0.4) is 0 Å². The summed E-state index contributed by atoms with van der Waals surface area (Å²) in [5.74, 6) is 0.749. The number of benzene rings is 1. The lowest BCUT2D eigenvalue weighted by atomic mass is 10.2. The van der Waals surface area contributed by atoms with E-state index in [4.69, 9.17) is 15.2 Å². The van der Waals surface area contributed by atoms with Crippen LogP contribution >= 0.6 is 0 Å². The Hall–Kier alpha value is -1.46. The van der Waals surface area contributed by atoms with Crippen molar-refractivity contribution in [1.29, 1.82) is 0 Å². The summed E-state index contributed by atoms with van der Waals surface area (Å²) in [5.41, 5.74) is 7.71. The number of nitrogens with one attached hydrogen (secondary N) is 1. The Morgan fingerprint density at radius 1 is 1.50 bits per heavy atom. The van der Waals surface area contributed by atoms with Crippen LogP contribution in [-0.2, 0) is 4.74 Å². The molecular formula is C15H25N3O2. The van der Waals surface area contributed by atoms with E-state index in [0.29, 0.717) is 12.3 Å². The number of morpholine rings is 1. The number of hydrogen-bond acceptors (Lipinski definition) is 5. The van der Waals surface area contributed by atoms with E-state index in [1.54, 1.807) is 0 Å². The highest BCUT2D eigenvalue weighted by atomic mass is 16.5. The molecule has 0 aromatic heterocycles. The molecule has 1 aromatic carbocycles. The lowest BCUT2D eigenvalue weighted by Crippen LogP contribution is -2.43. The van der Waals surface area contributed by atoms with Crippen molar-refractivity contribution in [3.05, 3.63) is 18.2 Å². The average molecular weight is 279 g/mol. The summed E-state index contributed by atoms with van der Waals surface area (Å²) in [6, 6.07) is 5.83. The molecule has 112 valence electrons. The SMILES string of the molecule is CCCOc1cccc(NCC2CN(C)CCO2)c1N. The Morgan fingerprint density at radius 2 is 2.35 bits per heavy atom. The zero-order valence-electron chi connectivity index (χ0n) is 12.4. The number of ether oxygens (including phenoxy) is 2. The predicted octanol–water partition coefficient (Wildman–Crippen LogP) is 1.80. The minimum atomic E-state index is 0.202. The number of hydrogen-bond donors (Lipinski definition) is 2. The highest BCUT2D eigenvalue weighted by molar-refractivity contribution is 5.72. The molecule has 1 aliphatic rings. The number of nitrogens with two attached hydrogens (primary N) is 1. The molecule has 5 heteroatoms. The molecule has 1 heterocycles. The standard InChI is InChI=1S/C15H25N3O2/c1-3-8-20-14-6-4-5-13(15(14)16)17-10-12-11-18(2)7-9-19-12/h4-6,12,17H,3,7-11,16H2,1-2H3. The molecule has 1 aromatic rings. The van der Waals surface area contributed by atoms with Crippen LogP contribution in [0.15, 0.2) is 18.2 Å². The van der Waals surface area contributed by atoms with E-state index >= 15 is 0 Å². The molecule has 1 aliphatic heterocycles. The van der Waals surface area contributed by atoms with Crippen molar-refractivity contribution >= 4 is 11.4 Å². The Balaban J connectivity index is 1.91. The van der Waals surface area contributed by atoms with Gasteiger partial charge in [-0.05, 0) is 25.6 Å². The van der Waals surface area contributed by atoms with Crippen molar-refractivity contribution < 1.29 is 9.47 Å². The summed E-state index contributed by atoms with van der Waals surface area (Å²) < 4.78 is 11.4. The van der Waals surface area contributed by atoms with E-state index < -0.39 is 0 Å². The van der Waals surface area contributed by atoms with Gasteiger partial charge in [0.25, 0.3) is 0 Å². The third-order valence-corrected chi connectivity index (χ3v) is 3.39. The van der Waals surface area contributed by atoms with E-state index in [2.05, 4.69) is 24.2 Å². The lowest BCUT2D eigenvalue weighted by Gasteiger charge is -2.30. The first kappa shape index (κ1) is 14.9. The van der Waals surface area contributed by atoms with Gasteiger partial charge in [-0.15, -0.1) is 0 Å². The summed E-state index contributed by atoms with van der Waals surface area (Å²) in [5, 5.41) is 3.36. The third kappa shape index (κ3) is 4.02. The van der Waals surface area contributed by atoms with Gasteiger partial charge in [-0.1, -0.05) is 13.0 Å². The molecular weight excluding hydrogens is 254 g/mol.